The molecule has 1 saturated heterocycles. The number of hydrogen-bond donors (Lipinski definition) is 1. The van der Waals surface area contributed by atoms with E-state index in [1.807, 2.05) is 0 Å². The number of ether oxygens (including phenoxy) is 1. The van der Waals surface area contributed by atoms with Gasteiger partial charge in [0.15, 0.2) is 0 Å². The second-order valence-corrected chi connectivity index (χ2v) is 2.58. The van der Waals surface area contributed by atoms with E-state index in [2.05, 4.69) is 0 Å². The SMILES string of the molecule is NC[C@@H]1CCCCCO1. The van der Waals surface area contributed by atoms with Crippen molar-refractivity contribution in [1.82, 2.24) is 0 Å². The lowest BCUT2D eigenvalue weighted by molar-refractivity contribution is 0.0650. The van der Waals surface area contributed by atoms with Crippen molar-refractivity contribution in [3.8, 4) is 0 Å². The van der Waals surface area contributed by atoms with Gasteiger partial charge in [0.25, 0.3) is 0 Å². The van der Waals surface area contributed by atoms with Crippen molar-refractivity contribution in [2.45, 2.75) is 31.8 Å². The Morgan fingerprint density at radius 1 is 1.33 bits per heavy atom. The van der Waals surface area contributed by atoms with Crippen molar-refractivity contribution < 1.29 is 4.74 Å². The summed E-state index contributed by atoms with van der Waals surface area (Å²) in [7, 11) is 0. The van der Waals surface area contributed by atoms with E-state index < -0.39 is 0 Å². The molecule has 54 valence electrons. The smallest absolute Gasteiger partial charge is 0.0697 e. The maximum absolute atomic E-state index is 5.45. The van der Waals surface area contributed by atoms with E-state index in [0.717, 1.165) is 13.0 Å². The maximum Gasteiger partial charge on any atom is 0.0697 e. The van der Waals surface area contributed by atoms with Crippen LogP contribution in [0.2, 0.25) is 0 Å². The van der Waals surface area contributed by atoms with Crippen LogP contribution in [-0.4, -0.2) is 19.3 Å². The molecule has 2 N–H and O–H groups in total. The molecular weight excluding hydrogens is 114 g/mol. The second kappa shape index (κ2) is 3.85. The molecule has 0 saturated carbocycles. The summed E-state index contributed by atoms with van der Waals surface area (Å²) in [5.41, 5.74) is 5.45. The molecule has 0 aliphatic carbocycles. The predicted molar refractivity (Wildman–Crippen MR) is 37.3 cm³/mol. The molecule has 1 atom stereocenters. The Balaban J connectivity index is 2.18. The zero-order valence-electron chi connectivity index (χ0n) is 5.81. The highest BCUT2D eigenvalue weighted by Crippen LogP contribution is 2.11. The maximum atomic E-state index is 5.45. The monoisotopic (exact) mass is 129 g/mol. The van der Waals surface area contributed by atoms with Gasteiger partial charge < -0.3 is 10.5 Å². The highest BCUT2D eigenvalue weighted by molar-refractivity contribution is 4.61. The Labute approximate surface area is 56.4 Å². The molecular formula is C7H15NO. The first-order valence-electron chi connectivity index (χ1n) is 3.75. The molecule has 1 heterocycles. The topological polar surface area (TPSA) is 35.2 Å². The van der Waals surface area contributed by atoms with Crippen molar-refractivity contribution in [2.24, 2.45) is 5.73 Å². The average molecular weight is 129 g/mol. The molecule has 9 heavy (non-hydrogen) atoms. The van der Waals surface area contributed by atoms with Crippen LogP contribution in [-0.2, 0) is 4.74 Å². The Bertz CT molecular complexity index is 67.3. The lowest BCUT2D eigenvalue weighted by Gasteiger charge is -2.10. The predicted octanol–water partition coefficient (Wildman–Crippen LogP) is 0.904. The summed E-state index contributed by atoms with van der Waals surface area (Å²) in [5.74, 6) is 0. The van der Waals surface area contributed by atoms with Crippen LogP contribution in [0.5, 0.6) is 0 Å². The minimum absolute atomic E-state index is 0.354. The van der Waals surface area contributed by atoms with Crippen molar-refractivity contribution in [3.63, 3.8) is 0 Å². The lowest BCUT2D eigenvalue weighted by Crippen LogP contribution is -2.22. The normalized spacial score (nSPS) is 29.7. The first kappa shape index (κ1) is 7.03. The molecule has 0 unspecified atom stereocenters. The molecule has 1 fully saturated rings. The van der Waals surface area contributed by atoms with Gasteiger partial charge in [0, 0.05) is 13.2 Å². The summed E-state index contributed by atoms with van der Waals surface area (Å²) in [6.45, 7) is 1.61. The van der Waals surface area contributed by atoms with E-state index in [0.29, 0.717) is 12.6 Å². The van der Waals surface area contributed by atoms with Gasteiger partial charge in [0.2, 0.25) is 0 Å². The van der Waals surface area contributed by atoms with Gasteiger partial charge in [-0.2, -0.15) is 0 Å². The molecule has 0 spiro atoms. The summed E-state index contributed by atoms with van der Waals surface area (Å²) in [6.07, 6.45) is 5.35. The molecule has 1 rings (SSSR count). The van der Waals surface area contributed by atoms with Crippen LogP contribution in [0.4, 0.5) is 0 Å². The van der Waals surface area contributed by atoms with Crippen molar-refractivity contribution in [3.05, 3.63) is 0 Å². The summed E-state index contributed by atoms with van der Waals surface area (Å²) in [4.78, 5) is 0. The van der Waals surface area contributed by atoms with Crippen LogP contribution in [0, 0.1) is 0 Å². The van der Waals surface area contributed by atoms with Crippen LogP contribution in [0.15, 0.2) is 0 Å². The van der Waals surface area contributed by atoms with Crippen molar-refractivity contribution >= 4 is 0 Å². The van der Waals surface area contributed by atoms with Gasteiger partial charge in [0.1, 0.15) is 0 Å². The van der Waals surface area contributed by atoms with E-state index in [1.54, 1.807) is 0 Å². The van der Waals surface area contributed by atoms with E-state index in [4.69, 9.17) is 10.5 Å². The highest BCUT2D eigenvalue weighted by atomic mass is 16.5. The number of nitrogens with two attached hydrogens (primary N) is 1. The molecule has 2 nitrogen and oxygen atoms in total. The largest absolute Gasteiger partial charge is 0.377 e. The average Bonchev–Trinajstić information content (AvgIpc) is 2.13. The summed E-state index contributed by atoms with van der Waals surface area (Å²) < 4.78 is 5.43. The van der Waals surface area contributed by atoms with Gasteiger partial charge >= 0.3 is 0 Å². The standard InChI is InChI=1S/C7H15NO/c8-6-7-4-2-1-3-5-9-7/h7H,1-6,8H2/t7-/m0/s1. The fourth-order valence-corrected chi connectivity index (χ4v) is 1.17. The van der Waals surface area contributed by atoms with Crippen LogP contribution in [0.1, 0.15) is 25.7 Å². The molecule has 1 aliphatic rings. The quantitative estimate of drug-likeness (QED) is 0.571. The Hall–Kier alpha value is -0.0800. The zero-order chi connectivity index (χ0) is 6.53. The highest BCUT2D eigenvalue weighted by Gasteiger charge is 2.09. The minimum atomic E-state index is 0.354. The second-order valence-electron chi connectivity index (χ2n) is 2.58. The molecule has 0 aromatic heterocycles. The van der Waals surface area contributed by atoms with Crippen LogP contribution >= 0.6 is 0 Å². The summed E-state index contributed by atoms with van der Waals surface area (Å²) in [6, 6.07) is 0. The molecule has 2 heteroatoms. The summed E-state index contributed by atoms with van der Waals surface area (Å²) in [5, 5.41) is 0. The van der Waals surface area contributed by atoms with E-state index in [1.165, 1.54) is 19.3 Å². The zero-order valence-corrected chi connectivity index (χ0v) is 5.81. The Kier molecular flexibility index (Phi) is 3.01. The van der Waals surface area contributed by atoms with Crippen LogP contribution in [0.3, 0.4) is 0 Å². The van der Waals surface area contributed by atoms with Gasteiger partial charge in [-0.3, -0.25) is 0 Å². The third-order valence-electron chi connectivity index (χ3n) is 1.79. The van der Waals surface area contributed by atoms with Crippen molar-refractivity contribution in [1.29, 1.82) is 0 Å². The van der Waals surface area contributed by atoms with E-state index >= 15 is 0 Å². The molecule has 1 aliphatic heterocycles. The molecule has 0 aromatic rings. The molecule has 0 radical (unpaired) electrons. The molecule has 0 aromatic carbocycles. The van der Waals surface area contributed by atoms with Crippen LogP contribution < -0.4 is 5.73 Å². The lowest BCUT2D eigenvalue weighted by atomic mass is 10.1. The van der Waals surface area contributed by atoms with Gasteiger partial charge in [-0.25, -0.2) is 0 Å². The fraction of sp³-hybridized carbons (Fsp3) is 1.00. The van der Waals surface area contributed by atoms with Crippen LogP contribution in [0.25, 0.3) is 0 Å². The summed E-state index contributed by atoms with van der Waals surface area (Å²) >= 11 is 0. The van der Waals surface area contributed by atoms with Crippen molar-refractivity contribution in [2.75, 3.05) is 13.2 Å². The first-order valence-corrected chi connectivity index (χ1v) is 3.75. The third kappa shape index (κ3) is 2.33. The van der Waals surface area contributed by atoms with E-state index in [9.17, 15) is 0 Å². The number of hydrogen-bond acceptors (Lipinski definition) is 2. The Morgan fingerprint density at radius 2 is 2.22 bits per heavy atom. The Morgan fingerprint density at radius 3 is 3.00 bits per heavy atom. The fourth-order valence-electron chi connectivity index (χ4n) is 1.17. The molecule has 0 bridgehead atoms. The van der Waals surface area contributed by atoms with E-state index in [-0.39, 0.29) is 0 Å². The van der Waals surface area contributed by atoms with Gasteiger partial charge in [-0.05, 0) is 12.8 Å². The minimum Gasteiger partial charge on any atom is -0.377 e. The van der Waals surface area contributed by atoms with Gasteiger partial charge in [-0.1, -0.05) is 12.8 Å². The van der Waals surface area contributed by atoms with Gasteiger partial charge in [-0.15, -0.1) is 0 Å². The number of rotatable bonds is 1. The van der Waals surface area contributed by atoms with Gasteiger partial charge in [0.05, 0.1) is 6.10 Å². The third-order valence-corrected chi connectivity index (χ3v) is 1.79. The first-order chi connectivity index (χ1) is 4.43. The molecule has 0 amide bonds.